The number of hydrogen-bond acceptors (Lipinski definition) is 2. The van der Waals surface area contributed by atoms with Gasteiger partial charge in [0.2, 0.25) is 5.91 Å². The average molecular weight is 200 g/mol. The SMILES string of the molecule is CCCCC(=O)N(CCCC)N(C)C. The summed E-state index contributed by atoms with van der Waals surface area (Å²) in [6.07, 6.45) is 4.97. The van der Waals surface area contributed by atoms with Crippen LogP contribution >= 0.6 is 0 Å². The minimum Gasteiger partial charge on any atom is -0.276 e. The second-order valence-corrected chi connectivity index (χ2v) is 3.82. The van der Waals surface area contributed by atoms with Crippen molar-refractivity contribution in [3.8, 4) is 0 Å². The van der Waals surface area contributed by atoms with E-state index in [2.05, 4.69) is 13.8 Å². The molecule has 0 saturated carbocycles. The predicted molar refractivity (Wildman–Crippen MR) is 59.8 cm³/mol. The topological polar surface area (TPSA) is 23.6 Å². The van der Waals surface area contributed by atoms with E-state index in [1.54, 1.807) is 0 Å². The van der Waals surface area contributed by atoms with Crippen molar-refractivity contribution in [2.24, 2.45) is 0 Å². The first-order valence-electron chi connectivity index (χ1n) is 5.61. The maximum absolute atomic E-state index is 11.7. The summed E-state index contributed by atoms with van der Waals surface area (Å²) in [5.74, 6) is 0.255. The zero-order valence-electron chi connectivity index (χ0n) is 10.0. The molecular weight excluding hydrogens is 176 g/mol. The summed E-state index contributed by atoms with van der Waals surface area (Å²) in [4.78, 5) is 11.7. The van der Waals surface area contributed by atoms with E-state index < -0.39 is 0 Å². The highest BCUT2D eigenvalue weighted by Crippen LogP contribution is 2.04. The molecule has 0 aromatic carbocycles. The normalized spacial score (nSPS) is 10.6. The van der Waals surface area contributed by atoms with Crippen LogP contribution < -0.4 is 0 Å². The lowest BCUT2D eigenvalue weighted by molar-refractivity contribution is -0.144. The van der Waals surface area contributed by atoms with Gasteiger partial charge in [-0.15, -0.1) is 0 Å². The highest BCUT2D eigenvalue weighted by atomic mass is 16.2. The number of carbonyl (C=O) groups is 1. The van der Waals surface area contributed by atoms with Gasteiger partial charge < -0.3 is 0 Å². The Hall–Kier alpha value is -0.570. The Morgan fingerprint density at radius 3 is 2.07 bits per heavy atom. The summed E-state index contributed by atoms with van der Waals surface area (Å²) < 4.78 is 0. The van der Waals surface area contributed by atoms with Crippen LogP contribution in [0, 0.1) is 0 Å². The van der Waals surface area contributed by atoms with Gasteiger partial charge in [-0.3, -0.25) is 9.80 Å². The molecule has 0 aliphatic heterocycles. The number of nitrogens with zero attached hydrogens (tertiary/aromatic N) is 2. The molecule has 0 spiro atoms. The molecule has 14 heavy (non-hydrogen) atoms. The van der Waals surface area contributed by atoms with Crippen LogP contribution in [0.5, 0.6) is 0 Å². The summed E-state index contributed by atoms with van der Waals surface area (Å²) >= 11 is 0. The van der Waals surface area contributed by atoms with Crippen molar-refractivity contribution >= 4 is 5.91 Å². The van der Waals surface area contributed by atoms with Crippen molar-refractivity contribution in [2.45, 2.75) is 46.0 Å². The van der Waals surface area contributed by atoms with Crippen LogP contribution in [0.1, 0.15) is 46.0 Å². The molecule has 0 saturated heterocycles. The highest BCUT2D eigenvalue weighted by Gasteiger charge is 2.13. The van der Waals surface area contributed by atoms with Gasteiger partial charge in [0.05, 0.1) is 0 Å². The van der Waals surface area contributed by atoms with Gasteiger partial charge in [0.1, 0.15) is 0 Å². The van der Waals surface area contributed by atoms with E-state index in [1.165, 1.54) is 0 Å². The fraction of sp³-hybridized carbons (Fsp3) is 0.909. The van der Waals surface area contributed by atoms with Gasteiger partial charge in [-0.25, -0.2) is 5.01 Å². The third-order valence-electron chi connectivity index (χ3n) is 2.24. The predicted octanol–water partition coefficient (Wildman–Crippen LogP) is 2.28. The van der Waals surface area contributed by atoms with Crippen LogP contribution in [0.25, 0.3) is 0 Å². The molecule has 0 heterocycles. The maximum atomic E-state index is 11.7. The van der Waals surface area contributed by atoms with Crippen molar-refractivity contribution in [1.82, 2.24) is 10.0 Å². The Morgan fingerprint density at radius 2 is 1.64 bits per heavy atom. The van der Waals surface area contributed by atoms with Crippen LogP contribution in [0.3, 0.4) is 0 Å². The Balaban J connectivity index is 3.98. The lowest BCUT2D eigenvalue weighted by Gasteiger charge is -2.28. The van der Waals surface area contributed by atoms with Crippen molar-refractivity contribution in [3.05, 3.63) is 0 Å². The van der Waals surface area contributed by atoms with Gasteiger partial charge in [-0.2, -0.15) is 0 Å². The second-order valence-electron chi connectivity index (χ2n) is 3.82. The Bertz CT molecular complexity index is 157. The maximum Gasteiger partial charge on any atom is 0.236 e. The summed E-state index contributed by atoms with van der Waals surface area (Å²) in [6.45, 7) is 5.11. The molecule has 0 radical (unpaired) electrons. The fourth-order valence-electron chi connectivity index (χ4n) is 1.31. The van der Waals surface area contributed by atoms with E-state index in [0.717, 1.165) is 32.2 Å². The van der Waals surface area contributed by atoms with Crippen molar-refractivity contribution in [1.29, 1.82) is 0 Å². The van der Waals surface area contributed by atoms with Crippen LogP contribution in [-0.2, 0) is 4.79 Å². The molecule has 0 aromatic rings. The van der Waals surface area contributed by atoms with E-state index in [-0.39, 0.29) is 5.91 Å². The smallest absolute Gasteiger partial charge is 0.236 e. The number of amides is 1. The van der Waals surface area contributed by atoms with Crippen LogP contribution in [0.2, 0.25) is 0 Å². The Labute approximate surface area is 88.0 Å². The van der Waals surface area contributed by atoms with Gasteiger partial charge in [0.25, 0.3) is 0 Å². The molecule has 0 unspecified atom stereocenters. The third-order valence-corrected chi connectivity index (χ3v) is 2.24. The molecule has 0 rings (SSSR count). The largest absolute Gasteiger partial charge is 0.276 e. The molecule has 3 nitrogen and oxygen atoms in total. The number of carbonyl (C=O) groups excluding carboxylic acids is 1. The van der Waals surface area contributed by atoms with Crippen molar-refractivity contribution < 1.29 is 4.79 Å². The molecule has 0 atom stereocenters. The van der Waals surface area contributed by atoms with Gasteiger partial charge in [-0.1, -0.05) is 26.7 Å². The summed E-state index contributed by atoms with van der Waals surface area (Å²) in [7, 11) is 3.86. The molecule has 1 amide bonds. The molecule has 0 aliphatic rings. The lowest BCUT2D eigenvalue weighted by atomic mass is 10.2. The minimum absolute atomic E-state index is 0.255. The summed E-state index contributed by atoms with van der Waals surface area (Å²) in [5.41, 5.74) is 0. The average Bonchev–Trinajstić information content (AvgIpc) is 2.14. The third kappa shape index (κ3) is 5.22. The summed E-state index contributed by atoms with van der Waals surface area (Å²) in [5, 5.41) is 3.74. The first kappa shape index (κ1) is 13.4. The van der Waals surface area contributed by atoms with E-state index in [1.807, 2.05) is 24.1 Å². The van der Waals surface area contributed by atoms with E-state index in [9.17, 15) is 4.79 Å². The molecule has 0 fully saturated rings. The zero-order valence-corrected chi connectivity index (χ0v) is 10.0. The first-order valence-corrected chi connectivity index (χ1v) is 5.61. The molecule has 0 N–H and O–H groups in total. The van der Waals surface area contributed by atoms with Crippen LogP contribution in [-0.4, -0.2) is 36.6 Å². The lowest BCUT2D eigenvalue weighted by Crippen LogP contribution is -2.42. The van der Waals surface area contributed by atoms with Crippen LogP contribution in [0.4, 0.5) is 0 Å². The Morgan fingerprint density at radius 1 is 1.07 bits per heavy atom. The quantitative estimate of drug-likeness (QED) is 0.589. The molecular formula is C11H24N2O. The monoisotopic (exact) mass is 200 g/mol. The van der Waals surface area contributed by atoms with Crippen molar-refractivity contribution in [2.75, 3.05) is 20.6 Å². The van der Waals surface area contributed by atoms with Gasteiger partial charge in [0, 0.05) is 27.1 Å². The van der Waals surface area contributed by atoms with E-state index >= 15 is 0 Å². The van der Waals surface area contributed by atoms with Gasteiger partial charge in [-0.05, 0) is 12.8 Å². The first-order chi connectivity index (χ1) is 6.63. The number of unbranched alkanes of at least 4 members (excludes halogenated alkanes) is 2. The zero-order chi connectivity index (χ0) is 11.0. The number of rotatable bonds is 7. The molecule has 0 bridgehead atoms. The van der Waals surface area contributed by atoms with Crippen LogP contribution in [0.15, 0.2) is 0 Å². The van der Waals surface area contributed by atoms with E-state index in [0.29, 0.717) is 6.42 Å². The molecule has 84 valence electrons. The highest BCUT2D eigenvalue weighted by molar-refractivity contribution is 5.75. The molecule has 0 aliphatic carbocycles. The fourth-order valence-corrected chi connectivity index (χ4v) is 1.31. The minimum atomic E-state index is 0.255. The number of hydrazine groups is 1. The van der Waals surface area contributed by atoms with Crippen molar-refractivity contribution in [3.63, 3.8) is 0 Å². The second kappa shape index (κ2) is 7.80. The van der Waals surface area contributed by atoms with Gasteiger partial charge >= 0.3 is 0 Å². The number of hydrogen-bond donors (Lipinski definition) is 0. The molecule has 0 aromatic heterocycles. The standard InChI is InChI=1S/C11H24N2O/c1-5-7-9-11(14)13(12(3)4)10-8-6-2/h5-10H2,1-4H3. The van der Waals surface area contributed by atoms with Gasteiger partial charge in [0.15, 0.2) is 0 Å². The Kier molecular flexibility index (Phi) is 7.48. The molecule has 3 heteroatoms. The summed E-state index contributed by atoms with van der Waals surface area (Å²) in [6, 6.07) is 0. The van der Waals surface area contributed by atoms with E-state index in [4.69, 9.17) is 0 Å².